The molecule has 1 N–H and O–H groups in total. The van der Waals surface area contributed by atoms with Gasteiger partial charge in [-0.3, -0.25) is 4.79 Å². The van der Waals surface area contributed by atoms with Gasteiger partial charge in [0.25, 0.3) is 0 Å². The molecular formula is C13H17FO3. The molecule has 17 heavy (non-hydrogen) atoms. The van der Waals surface area contributed by atoms with Crippen LogP contribution in [0.4, 0.5) is 4.39 Å². The first-order valence-corrected chi connectivity index (χ1v) is 5.57. The van der Waals surface area contributed by atoms with Crippen molar-refractivity contribution in [1.29, 1.82) is 0 Å². The fourth-order valence-electron chi connectivity index (χ4n) is 1.96. The Kier molecular flexibility index (Phi) is 4.49. The summed E-state index contributed by atoms with van der Waals surface area (Å²) >= 11 is 0. The molecule has 0 fully saturated rings. The highest BCUT2D eigenvalue weighted by atomic mass is 19.1. The van der Waals surface area contributed by atoms with E-state index in [9.17, 15) is 9.18 Å². The van der Waals surface area contributed by atoms with Crippen LogP contribution in [-0.2, 0) is 4.79 Å². The van der Waals surface area contributed by atoms with Crippen molar-refractivity contribution in [2.24, 2.45) is 5.92 Å². The SMILES string of the molecule is CC[C@@H](c1ccc(F)c(OC)c1)C(C)C(=O)O. The summed E-state index contributed by atoms with van der Waals surface area (Å²) in [6.45, 7) is 3.58. The van der Waals surface area contributed by atoms with Crippen LogP contribution in [0.1, 0.15) is 31.7 Å². The molecular weight excluding hydrogens is 223 g/mol. The van der Waals surface area contributed by atoms with Crippen molar-refractivity contribution in [1.82, 2.24) is 0 Å². The summed E-state index contributed by atoms with van der Waals surface area (Å²) in [7, 11) is 1.39. The summed E-state index contributed by atoms with van der Waals surface area (Å²) in [5.41, 5.74) is 0.792. The summed E-state index contributed by atoms with van der Waals surface area (Å²) < 4.78 is 18.2. The molecule has 0 heterocycles. The van der Waals surface area contributed by atoms with Gasteiger partial charge in [0.15, 0.2) is 11.6 Å². The second-order valence-corrected chi connectivity index (χ2v) is 4.04. The van der Waals surface area contributed by atoms with Crippen molar-refractivity contribution in [3.63, 3.8) is 0 Å². The third-order valence-corrected chi connectivity index (χ3v) is 3.04. The molecule has 4 heteroatoms. The quantitative estimate of drug-likeness (QED) is 0.860. The number of rotatable bonds is 5. The van der Waals surface area contributed by atoms with E-state index in [0.717, 1.165) is 5.56 Å². The Labute approximate surface area is 100 Å². The van der Waals surface area contributed by atoms with Gasteiger partial charge in [-0.05, 0) is 30.0 Å². The molecule has 0 saturated carbocycles. The highest BCUT2D eigenvalue weighted by Gasteiger charge is 2.24. The second-order valence-electron chi connectivity index (χ2n) is 4.04. The van der Waals surface area contributed by atoms with E-state index in [1.165, 1.54) is 13.2 Å². The Balaban J connectivity index is 3.08. The van der Waals surface area contributed by atoms with Gasteiger partial charge in [-0.2, -0.15) is 0 Å². The van der Waals surface area contributed by atoms with Crippen LogP contribution in [0.15, 0.2) is 18.2 Å². The number of hydrogen-bond donors (Lipinski definition) is 1. The molecule has 1 rings (SSSR count). The number of hydrogen-bond acceptors (Lipinski definition) is 2. The van der Waals surface area contributed by atoms with Crippen molar-refractivity contribution >= 4 is 5.97 Å². The van der Waals surface area contributed by atoms with Crippen LogP contribution in [0.25, 0.3) is 0 Å². The summed E-state index contributed by atoms with van der Waals surface area (Å²) in [6.07, 6.45) is 0.683. The van der Waals surface area contributed by atoms with E-state index in [-0.39, 0.29) is 11.7 Å². The average molecular weight is 240 g/mol. The van der Waals surface area contributed by atoms with Crippen LogP contribution in [0, 0.1) is 11.7 Å². The molecule has 0 aliphatic rings. The largest absolute Gasteiger partial charge is 0.494 e. The Hall–Kier alpha value is -1.58. The number of aliphatic carboxylic acids is 1. The molecule has 1 aromatic rings. The van der Waals surface area contributed by atoms with Crippen LogP contribution in [0.3, 0.4) is 0 Å². The summed E-state index contributed by atoms with van der Waals surface area (Å²) in [5.74, 6) is -1.77. The lowest BCUT2D eigenvalue weighted by Crippen LogP contribution is -2.18. The lowest BCUT2D eigenvalue weighted by molar-refractivity contribution is -0.141. The third-order valence-electron chi connectivity index (χ3n) is 3.04. The van der Waals surface area contributed by atoms with Gasteiger partial charge in [0.2, 0.25) is 0 Å². The van der Waals surface area contributed by atoms with Crippen LogP contribution in [-0.4, -0.2) is 18.2 Å². The normalized spacial score (nSPS) is 14.1. The van der Waals surface area contributed by atoms with Crippen LogP contribution in [0.5, 0.6) is 5.75 Å². The standard InChI is InChI=1S/C13H17FO3/c1-4-10(8(2)13(15)16)9-5-6-11(14)12(7-9)17-3/h5-8,10H,4H2,1-3H3,(H,15,16)/t8?,10-/m1/s1. The number of benzene rings is 1. The molecule has 1 aromatic carbocycles. The smallest absolute Gasteiger partial charge is 0.306 e. The molecule has 0 aliphatic heterocycles. The maximum Gasteiger partial charge on any atom is 0.306 e. The highest BCUT2D eigenvalue weighted by Crippen LogP contribution is 2.31. The first kappa shape index (κ1) is 13.5. The molecule has 0 aromatic heterocycles. The number of carboxylic acids is 1. The number of halogens is 1. The van der Waals surface area contributed by atoms with Crippen molar-refractivity contribution in [3.8, 4) is 5.75 Å². The van der Waals surface area contributed by atoms with E-state index >= 15 is 0 Å². The van der Waals surface area contributed by atoms with E-state index in [1.54, 1.807) is 19.1 Å². The van der Waals surface area contributed by atoms with Crippen molar-refractivity contribution in [2.45, 2.75) is 26.2 Å². The van der Waals surface area contributed by atoms with Gasteiger partial charge in [-0.15, -0.1) is 0 Å². The molecule has 0 saturated heterocycles. The zero-order chi connectivity index (χ0) is 13.0. The molecule has 94 valence electrons. The summed E-state index contributed by atoms with van der Waals surface area (Å²) in [6, 6.07) is 4.50. The predicted octanol–water partition coefficient (Wildman–Crippen LogP) is 3.05. The van der Waals surface area contributed by atoms with Gasteiger partial charge in [0, 0.05) is 0 Å². The van der Waals surface area contributed by atoms with E-state index in [1.807, 2.05) is 6.92 Å². The lowest BCUT2D eigenvalue weighted by Gasteiger charge is -2.20. The van der Waals surface area contributed by atoms with Crippen molar-refractivity contribution < 1.29 is 19.0 Å². The van der Waals surface area contributed by atoms with Gasteiger partial charge in [0.05, 0.1) is 13.0 Å². The van der Waals surface area contributed by atoms with Gasteiger partial charge >= 0.3 is 5.97 Å². The molecule has 0 amide bonds. The number of carboxylic acid groups (broad SMARTS) is 1. The molecule has 3 nitrogen and oxygen atoms in total. The van der Waals surface area contributed by atoms with Crippen LogP contribution < -0.4 is 4.74 Å². The van der Waals surface area contributed by atoms with E-state index in [4.69, 9.17) is 9.84 Å². The van der Waals surface area contributed by atoms with E-state index < -0.39 is 17.7 Å². The number of methoxy groups -OCH3 is 1. The molecule has 0 radical (unpaired) electrons. The number of ether oxygens (including phenoxy) is 1. The molecule has 1 unspecified atom stereocenters. The van der Waals surface area contributed by atoms with Gasteiger partial charge in [-0.25, -0.2) is 4.39 Å². The van der Waals surface area contributed by atoms with Gasteiger partial charge in [-0.1, -0.05) is 19.9 Å². The monoisotopic (exact) mass is 240 g/mol. The molecule has 0 bridgehead atoms. The molecule has 0 spiro atoms. The van der Waals surface area contributed by atoms with E-state index in [2.05, 4.69) is 0 Å². The first-order chi connectivity index (χ1) is 8.01. The fourth-order valence-corrected chi connectivity index (χ4v) is 1.96. The van der Waals surface area contributed by atoms with Gasteiger partial charge < -0.3 is 9.84 Å². The van der Waals surface area contributed by atoms with Crippen molar-refractivity contribution in [3.05, 3.63) is 29.6 Å². The van der Waals surface area contributed by atoms with Gasteiger partial charge in [0.1, 0.15) is 0 Å². The minimum Gasteiger partial charge on any atom is -0.494 e. The van der Waals surface area contributed by atoms with Crippen molar-refractivity contribution in [2.75, 3.05) is 7.11 Å². The Morgan fingerprint density at radius 1 is 1.53 bits per heavy atom. The second kappa shape index (κ2) is 5.66. The maximum atomic E-state index is 13.3. The first-order valence-electron chi connectivity index (χ1n) is 5.57. The zero-order valence-electron chi connectivity index (χ0n) is 10.2. The summed E-state index contributed by atoms with van der Waals surface area (Å²) in [5, 5.41) is 9.02. The lowest BCUT2D eigenvalue weighted by atomic mass is 9.85. The zero-order valence-corrected chi connectivity index (χ0v) is 10.2. The Bertz CT molecular complexity index is 404. The molecule has 0 aliphatic carbocycles. The third kappa shape index (κ3) is 2.96. The average Bonchev–Trinajstić information content (AvgIpc) is 2.31. The van der Waals surface area contributed by atoms with E-state index in [0.29, 0.717) is 6.42 Å². The summed E-state index contributed by atoms with van der Waals surface area (Å²) in [4.78, 5) is 11.0. The number of carbonyl (C=O) groups is 1. The minimum atomic E-state index is -0.847. The maximum absolute atomic E-state index is 13.3. The Morgan fingerprint density at radius 3 is 2.65 bits per heavy atom. The highest BCUT2D eigenvalue weighted by molar-refractivity contribution is 5.71. The Morgan fingerprint density at radius 2 is 2.18 bits per heavy atom. The predicted molar refractivity (Wildman–Crippen MR) is 62.8 cm³/mol. The molecule has 2 atom stereocenters. The minimum absolute atomic E-state index is 0.137. The topological polar surface area (TPSA) is 46.5 Å². The van der Waals surface area contributed by atoms with Crippen LogP contribution in [0.2, 0.25) is 0 Å². The van der Waals surface area contributed by atoms with Crippen LogP contribution >= 0.6 is 0 Å². The fraction of sp³-hybridized carbons (Fsp3) is 0.462.